The third-order valence-electron chi connectivity index (χ3n) is 4.88. The molecule has 150 valence electrons. The summed E-state index contributed by atoms with van der Waals surface area (Å²) in [6, 6.07) is 7.41. The molecule has 1 aliphatic heterocycles. The van der Waals surface area contributed by atoms with Gasteiger partial charge in [-0.25, -0.2) is 19.7 Å². The molecule has 2 amide bonds. The highest BCUT2D eigenvalue weighted by molar-refractivity contribution is 7.15. The minimum Gasteiger partial charge on any atom is -0.381 e. The summed E-state index contributed by atoms with van der Waals surface area (Å²) >= 11 is 1.42. The minimum absolute atomic E-state index is 0.167. The van der Waals surface area contributed by atoms with Crippen LogP contribution in [0, 0.1) is 13.8 Å². The number of anilines is 2. The fourth-order valence-electron chi connectivity index (χ4n) is 3.41. The van der Waals surface area contributed by atoms with Crippen LogP contribution in [0.2, 0.25) is 0 Å². The molecule has 1 fully saturated rings. The van der Waals surface area contributed by atoms with E-state index in [1.54, 1.807) is 12.4 Å². The fourth-order valence-corrected chi connectivity index (χ4v) is 4.43. The van der Waals surface area contributed by atoms with E-state index in [1.807, 2.05) is 32.0 Å². The van der Waals surface area contributed by atoms with E-state index in [0.717, 1.165) is 27.4 Å². The number of rotatable bonds is 4. The predicted molar refractivity (Wildman–Crippen MR) is 112 cm³/mol. The Morgan fingerprint density at radius 2 is 2.14 bits per heavy atom. The van der Waals surface area contributed by atoms with Crippen LogP contribution < -0.4 is 11.1 Å². The minimum atomic E-state index is -1.15. The number of nitrogens with two attached hydrogens (primary N) is 1. The molecule has 1 saturated heterocycles. The topological polar surface area (TPSA) is 117 Å². The number of primary amides is 1. The van der Waals surface area contributed by atoms with E-state index in [-0.39, 0.29) is 6.54 Å². The molecular formula is C20H22N6O2S. The van der Waals surface area contributed by atoms with Crippen LogP contribution in [0.4, 0.5) is 16.4 Å². The molecule has 3 heterocycles. The number of nitrogens with one attached hydrogen (secondary N) is 1. The first-order valence-electron chi connectivity index (χ1n) is 9.24. The molecule has 1 atom stereocenters. The normalized spacial score (nSPS) is 18.8. The van der Waals surface area contributed by atoms with E-state index < -0.39 is 11.6 Å². The second kappa shape index (κ2) is 7.41. The number of aliphatic hydroxyl groups is 1. The second-order valence-corrected chi connectivity index (χ2v) is 8.34. The molecule has 1 unspecified atom stereocenters. The Hall–Kier alpha value is -3.04. The molecule has 0 aliphatic carbocycles. The zero-order chi connectivity index (χ0) is 20.6. The number of aromatic nitrogens is 3. The number of aryl methyl sites for hydroxylation is 2. The summed E-state index contributed by atoms with van der Waals surface area (Å²) in [6.07, 6.45) is 3.90. The summed E-state index contributed by atoms with van der Waals surface area (Å²) in [4.78, 5) is 26.8. The van der Waals surface area contributed by atoms with Crippen molar-refractivity contribution in [2.75, 3.05) is 18.4 Å². The van der Waals surface area contributed by atoms with E-state index in [1.165, 1.54) is 16.2 Å². The van der Waals surface area contributed by atoms with Crippen LogP contribution in [0.5, 0.6) is 0 Å². The Bertz CT molecular complexity index is 1070. The first-order valence-corrected chi connectivity index (χ1v) is 10.1. The van der Waals surface area contributed by atoms with Gasteiger partial charge in [0.1, 0.15) is 10.6 Å². The van der Waals surface area contributed by atoms with Crippen molar-refractivity contribution in [1.29, 1.82) is 0 Å². The number of hydrogen-bond acceptors (Lipinski definition) is 7. The van der Waals surface area contributed by atoms with Crippen molar-refractivity contribution < 1.29 is 9.90 Å². The lowest BCUT2D eigenvalue weighted by molar-refractivity contribution is 0.0496. The van der Waals surface area contributed by atoms with Crippen molar-refractivity contribution in [2.24, 2.45) is 5.73 Å². The zero-order valence-electron chi connectivity index (χ0n) is 16.2. The van der Waals surface area contributed by atoms with Crippen LogP contribution >= 0.6 is 11.3 Å². The highest BCUT2D eigenvalue weighted by Crippen LogP contribution is 2.38. The Morgan fingerprint density at radius 1 is 1.31 bits per heavy atom. The van der Waals surface area contributed by atoms with E-state index in [2.05, 4.69) is 26.3 Å². The summed E-state index contributed by atoms with van der Waals surface area (Å²) in [5.41, 5.74) is 8.01. The van der Waals surface area contributed by atoms with Crippen LogP contribution in [0.15, 0.2) is 36.7 Å². The maximum atomic E-state index is 11.4. The van der Waals surface area contributed by atoms with Gasteiger partial charge in [-0.15, -0.1) is 11.3 Å². The zero-order valence-corrected chi connectivity index (χ0v) is 17.0. The molecule has 0 bridgehead atoms. The molecule has 9 heteroatoms. The van der Waals surface area contributed by atoms with Gasteiger partial charge in [-0.3, -0.25) is 0 Å². The summed E-state index contributed by atoms with van der Waals surface area (Å²) in [6.45, 7) is 4.53. The molecule has 0 saturated carbocycles. The van der Waals surface area contributed by atoms with E-state index in [4.69, 9.17) is 5.73 Å². The Kier molecular flexibility index (Phi) is 4.93. The smallest absolute Gasteiger partial charge is 0.314 e. The van der Waals surface area contributed by atoms with Gasteiger partial charge in [-0.2, -0.15) is 0 Å². The summed E-state index contributed by atoms with van der Waals surface area (Å²) in [7, 11) is 0. The molecule has 8 nitrogen and oxygen atoms in total. The van der Waals surface area contributed by atoms with Crippen molar-refractivity contribution in [1.82, 2.24) is 19.9 Å². The Labute approximate surface area is 172 Å². The van der Waals surface area contributed by atoms with Crippen LogP contribution in [-0.2, 0) is 5.60 Å². The summed E-state index contributed by atoms with van der Waals surface area (Å²) < 4.78 is 0. The third-order valence-corrected chi connectivity index (χ3v) is 6.12. The van der Waals surface area contributed by atoms with Gasteiger partial charge in [-0.1, -0.05) is 6.07 Å². The van der Waals surface area contributed by atoms with E-state index >= 15 is 0 Å². The number of hydrogen-bond donors (Lipinski definition) is 3. The first kappa shape index (κ1) is 19.3. The molecule has 3 aromatic rings. The maximum absolute atomic E-state index is 11.4. The van der Waals surface area contributed by atoms with E-state index in [9.17, 15) is 9.90 Å². The highest BCUT2D eigenvalue weighted by atomic mass is 32.1. The molecule has 1 aliphatic rings. The number of β-amino-alcohol motifs (C(OH)–C–C–N with tert-alkyl or cyclic N) is 1. The maximum Gasteiger partial charge on any atom is 0.314 e. The lowest BCUT2D eigenvalue weighted by Crippen LogP contribution is -2.37. The number of benzene rings is 1. The molecule has 1 aromatic carbocycles. The predicted octanol–water partition coefficient (Wildman–Crippen LogP) is 2.93. The molecule has 29 heavy (non-hydrogen) atoms. The van der Waals surface area contributed by atoms with Crippen LogP contribution in [0.1, 0.15) is 22.7 Å². The molecular weight excluding hydrogens is 388 g/mol. The average molecular weight is 411 g/mol. The van der Waals surface area contributed by atoms with Crippen LogP contribution in [0.25, 0.3) is 10.4 Å². The van der Waals surface area contributed by atoms with Gasteiger partial charge in [0.25, 0.3) is 0 Å². The quantitative estimate of drug-likeness (QED) is 0.609. The largest absolute Gasteiger partial charge is 0.381 e. The van der Waals surface area contributed by atoms with Gasteiger partial charge in [0, 0.05) is 36.7 Å². The number of amides is 2. The van der Waals surface area contributed by atoms with Gasteiger partial charge in [0.05, 0.1) is 11.4 Å². The van der Waals surface area contributed by atoms with Gasteiger partial charge >= 0.3 is 6.03 Å². The Morgan fingerprint density at radius 3 is 2.86 bits per heavy atom. The number of carbonyl (C=O) groups is 1. The number of carbonyl (C=O) groups excluding carboxylic acids is 1. The highest BCUT2D eigenvalue weighted by Gasteiger charge is 2.41. The standard InChI is InChI=1S/C20H22N6O2S/c1-12-7-14(9-15(8-12)25-19-22-5-3-13(2)24-19)16-10-23-17(29-16)20(28)4-6-26(11-20)18(21)27/h3,5,7-10,28H,4,6,11H2,1-2H3,(H2,21,27)(H,22,24,25). The van der Waals surface area contributed by atoms with Crippen molar-refractivity contribution in [3.63, 3.8) is 0 Å². The second-order valence-electron chi connectivity index (χ2n) is 7.31. The monoisotopic (exact) mass is 410 g/mol. The molecule has 4 N–H and O–H groups in total. The average Bonchev–Trinajstić information content (AvgIpc) is 3.29. The van der Waals surface area contributed by atoms with Crippen molar-refractivity contribution in [2.45, 2.75) is 25.9 Å². The lowest BCUT2D eigenvalue weighted by atomic mass is 10.1. The third kappa shape index (κ3) is 4.06. The van der Waals surface area contributed by atoms with Gasteiger partial charge in [0.2, 0.25) is 5.95 Å². The van der Waals surface area contributed by atoms with Crippen LogP contribution in [-0.4, -0.2) is 44.1 Å². The lowest BCUT2D eigenvalue weighted by Gasteiger charge is -2.19. The van der Waals surface area contributed by atoms with Gasteiger partial charge < -0.3 is 21.1 Å². The van der Waals surface area contributed by atoms with Crippen molar-refractivity contribution in [3.8, 4) is 10.4 Å². The Balaban J connectivity index is 1.59. The fraction of sp³-hybridized carbons (Fsp3) is 0.300. The number of thiazole rings is 1. The van der Waals surface area contributed by atoms with Gasteiger partial charge in [0.15, 0.2) is 0 Å². The van der Waals surface area contributed by atoms with Crippen LogP contribution in [0.3, 0.4) is 0 Å². The van der Waals surface area contributed by atoms with E-state index in [0.29, 0.717) is 23.9 Å². The molecule has 0 spiro atoms. The van der Waals surface area contributed by atoms with Gasteiger partial charge in [-0.05, 0) is 43.2 Å². The summed E-state index contributed by atoms with van der Waals surface area (Å²) in [5, 5.41) is 14.8. The number of likely N-dealkylation sites (tertiary alicyclic amines) is 1. The SMILES string of the molecule is Cc1cc(Nc2nccc(C)n2)cc(-c2cnc(C3(O)CCN(C(N)=O)C3)s2)c1. The number of nitrogens with zero attached hydrogens (tertiary/aromatic N) is 4. The molecule has 0 radical (unpaired) electrons. The summed E-state index contributed by atoms with van der Waals surface area (Å²) in [5.74, 6) is 0.540. The molecule has 2 aromatic heterocycles. The van der Waals surface area contributed by atoms with Crippen molar-refractivity contribution >= 4 is 29.0 Å². The molecule has 4 rings (SSSR count). The first-order chi connectivity index (χ1) is 13.8. The van der Waals surface area contributed by atoms with Crippen molar-refractivity contribution in [3.05, 3.63) is 52.9 Å². The number of urea groups is 1.